The molecule has 2 saturated heterocycles. The normalized spacial score (nSPS) is 20.8. The van der Waals surface area contributed by atoms with Crippen LogP contribution in [0.25, 0.3) is 0 Å². The van der Waals surface area contributed by atoms with Gasteiger partial charge in [-0.1, -0.05) is 29.8 Å². The smallest absolute Gasteiger partial charge is 0.225 e. The van der Waals surface area contributed by atoms with E-state index < -0.39 is 0 Å². The maximum atomic E-state index is 12.4. The summed E-state index contributed by atoms with van der Waals surface area (Å²) in [4.78, 5) is 29.5. The lowest BCUT2D eigenvalue weighted by Gasteiger charge is -2.43. The van der Waals surface area contributed by atoms with Crippen LogP contribution in [0.2, 0.25) is 0 Å². The Labute approximate surface area is 186 Å². The third-order valence-corrected chi connectivity index (χ3v) is 7.01. The number of carbonyl (C=O) groups excluding carboxylic acids is 2. The fraction of sp³-hybridized carbons (Fsp3) is 0.680. The second-order valence-corrected chi connectivity index (χ2v) is 9.42. The Morgan fingerprint density at radius 2 is 1.65 bits per heavy atom. The molecule has 0 bridgehead atoms. The number of nitrogens with zero attached hydrogens (tertiary/aromatic N) is 2. The van der Waals surface area contributed by atoms with Crippen LogP contribution in [0.4, 0.5) is 0 Å². The summed E-state index contributed by atoms with van der Waals surface area (Å²) in [7, 11) is 0. The van der Waals surface area contributed by atoms with E-state index in [-0.39, 0.29) is 5.91 Å². The van der Waals surface area contributed by atoms with Gasteiger partial charge in [0.2, 0.25) is 11.8 Å². The van der Waals surface area contributed by atoms with E-state index in [0.29, 0.717) is 36.9 Å². The molecule has 1 aliphatic carbocycles. The van der Waals surface area contributed by atoms with Crippen LogP contribution in [0, 0.1) is 12.8 Å². The largest absolute Gasteiger partial charge is 0.381 e. The highest BCUT2D eigenvalue weighted by Gasteiger charge is 2.37. The molecule has 6 nitrogen and oxygen atoms in total. The summed E-state index contributed by atoms with van der Waals surface area (Å²) in [6, 6.07) is 9.16. The van der Waals surface area contributed by atoms with Gasteiger partial charge >= 0.3 is 0 Å². The fourth-order valence-electron chi connectivity index (χ4n) is 4.96. The van der Waals surface area contributed by atoms with Gasteiger partial charge in [-0.05, 0) is 51.0 Å². The lowest BCUT2D eigenvalue weighted by molar-refractivity contribution is -0.134. The number of hydrogen-bond acceptors (Lipinski definition) is 4. The van der Waals surface area contributed by atoms with Crippen molar-refractivity contribution in [1.29, 1.82) is 0 Å². The highest BCUT2D eigenvalue weighted by Crippen LogP contribution is 2.32. The third-order valence-electron chi connectivity index (χ3n) is 7.01. The van der Waals surface area contributed by atoms with E-state index >= 15 is 0 Å². The van der Waals surface area contributed by atoms with Crippen molar-refractivity contribution in [3.05, 3.63) is 35.4 Å². The quantitative estimate of drug-likeness (QED) is 0.693. The third kappa shape index (κ3) is 6.30. The van der Waals surface area contributed by atoms with Gasteiger partial charge in [0.1, 0.15) is 0 Å². The van der Waals surface area contributed by atoms with Crippen molar-refractivity contribution in [2.24, 2.45) is 5.92 Å². The Morgan fingerprint density at radius 3 is 2.29 bits per heavy atom. The molecule has 0 spiro atoms. The van der Waals surface area contributed by atoms with E-state index in [1.807, 2.05) is 12.1 Å². The van der Waals surface area contributed by atoms with E-state index in [9.17, 15) is 9.59 Å². The zero-order valence-corrected chi connectivity index (χ0v) is 18.9. The number of aryl methyl sites for hydroxylation is 1. The molecule has 170 valence electrons. The van der Waals surface area contributed by atoms with Gasteiger partial charge in [0.05, 0.1) is 6.42 Å². The number of benzene rings is 1. The fourth-order valence-corrected chi connectivity index (χ4v) is 4.96. The number of rotatable bonds is 8. The molecule has 2 aliphatic heterocycles. The second-order valence-electron chi connectivity index (χ2n) is 9.42. The van der Waals surface area contributed by atoms with E-state index in [1.165, 1.54) is 5.56 Å². The minimum atomic E-state index is 0.0839. The standard InChI is InChI=1S/C25H37N3O3/c1-19-2-4-20(5-3-19)18-24(29)26-12-15-28(23-10-16-31-17-11-23)22-8-13-27(14-9-22)25(30)21-6-7-21/h2-5,21-23H,6-18H2,1H3,(H,26,29). The van der Waals surface area contributed by atoms with Gasteiger partial charge in [-0.2, -0.15) is 0 Å². The van der Waals surface area contributed by atoms with Gasteiger partial charge in [0.25, 0.3) is 0 Å². The first-order valence-corrected chi connectivity index (χ1v) is 12.0. The first-order chi connectivity index (χ1) is 15.1. The molecule has 3 fully saturated rings. The van der Waals surface area contributed by atoms with Crippen LogP contribution in [0.5, 0.6) is 0 Å². The molecule has 3 aliphatic rings. The molecule has 0 aromatic heterocycles. The van der Waals surface area contributed by atoms with Gasteiger partial charge in [-0.15, -0.1) is 0 Å². The summed E-state index contributed by atoms with van der Waals surface area (Å²) >= 11 is 0. The molecular weight excluding hydrogens is 390 g/mol. The number of hydrogen-bond donors (Lipinski definition) is 1. The second kappa shape index (κ2) is 10.6. The van der Waals surface area contributed by atoms with Crippen molar-refractivity contribution in [3.8, 4) is 0 Å². The van der Waals surface area contributed by atoms with Crippen LogP contribution in [0.3, 0.4) is 0 Å². The van der Waals surface area contributed by atoms with Crippen LogP contribution < -0.4 is 5.32 Å². The zero-order chi connectivity index (χ0) is 21.6. The molecule has 1 N–H and O–H groups in total. The maximum absolute atomic E-state index is 12.4. The average molecular weight is 428 g/mol. The molecule has 2 amide bonds. The number of amides is 2. The lowest BCUT2D eigenvalue weighted by atomic mass is 9.97. The van der Waals surface area contributed by atoms with Gasteiger partial charge in [0, 0.05) is 57.4 Å². The minimum Gasteiger partial charge on any atom is -0.381 e. The predicted molar refractivity (Wildman–Crippen MR) is 121 cm³/mol. The molecule has 0 unspecified atom stereocenters. The average Bonchev–Trinajstić information content (AvgIpc) is 3.64. The molecule has 0 atom stereocenters. The van der Waals surface area contributed by atoms with Crippen molar-refractivity contribution >= 4 is 11.8 Å². The van der Waals surface area contributed by atoms with Gasteiger partial charge in [0.15, 0.2) is 0 Å². The number of piperidine rings is 1. The van der Waals surface area contributed by atoms with E-state index in [2.05, 4.69) is 34.2 Å². The van der Waals surface area contributed by atoms with Crippen LogP contribution in [-0.2, 0) is 20.7 Å². The molecule has 1 aromatic carbocycles. The minimum absolute atomic E-state index is 0.0839. The Morgan fingerprint density at radius 1 is 1.00 bits per heavy atom. The summed E-state index contributed by atoms with van der Waals surface area (Å²) < 4.78 is 5.59. The highest BCUT2D eigenvalue weighted by atomic mass is 16.5. The van der Waals surface area contributed by atoms with Crippen LogP contribution in [-0.4, -0.2) is 73.1 Å². The number of ether oxygens (including phenoxy) is 1. The van der Waals surface area contributed by atoms with Gasteiger partial charge in [-0.3, -0.25) is 14.5 Å². The highest BCUT2D eigenvalue weighted by molar-refractivity contribution is 5.81. The summed E-state index contributed by atoms with van der Waals surface area (Å²) in [6.07, 6.45) is 6.76. The first-order valence-electron chi connectivity index (χ1n) is 12.0. The molecule has 2 heterocycles. The first kappa shape index (κ1) is 22.3. The SMILES string of the molecule is Cc1ccc(CC(=O)NCCN(C2CCOCC2)C2CCN(C(=O)C3CC3)CC2)cc1. The Bertz CT molecular complexity index is 733. The van der Waals surface area contributed by atoms with Crippen molar-refractivity contribution < 1.29 is 14.3 Å². The summed E-state index contributed by atoms with van der Waals surface area (Å²) in [6.45, 7) is 6.98. The molecule has 1 aromatic rings. The number of carbonyl (C=O) groups is 2. The lowest BCUT2D eigenvalue weighted by Crippen LogP contribution is -2.53. The Hall–Kier alpha value is -1.92. The van der Waals surface area contributed by atoms with E-state index in [1.54, 1.807) is 0 Å². The van der Waals surface area contributed by atoms with Gasteiger partial charge in [-0.25, -0.2) is 0 Å². The Balaban J connectivity index is 1.27. The molecular formula is C25H37N3O3. The zero-order valence-electron chi connectivity index (χ0n) is 18.9. The summed E-state index contributed by atoms with van der Waals surface area (Å²) in [5.74, 6) is 0.770. The number of likely N-dealkylation sites (tertiary alicyclic amines) is 1. The maximum Gasteiger partial charge on any atom is 0.225 e. The Kier molecular flexibility index (Phi) is 7.62. The molecule has 1 saturated carbocycles. The van der Waals surface area contributed by atoms with Crippen molar-refractivity contribution in [1.82, 2.24) is 15.1 Å². The number of nitrogens with one attached hydrogen (secondary N) is 1. The summed E-state index contributed by atoms with van der Waals surface area (Å²) in [5.41, 5.74) is 2.26. The van der Waals surface area contributed by atoms with E-state index in [0.717, 1.165) is 76.9 Å². The monoisotopic (exact) mass is 427 g/mol. The van der Waals surface area contributed by atoms with Crippen molar-refractivity contribution in [3.63, 3.8) is 0 Å². The van der Waals surface area contributed by atoms with E-state index in [4.69, 9.17) is 4.74 Å². The van der Waals surface area contributed by atoms with Crippen molar-refractivity contribution in [2.75, 3.05) is 39.4 Å². The van der Waals surface area contributed by atoms with Crippen LogP contribution >= 0.6 is 0 Å². The van der Waals surface area contributed by atoms with Crippen LogP contribution in [0.1, 0.15) is 49.7 Å². The predicted octanol–water partition coefficient (Wildman–Crippen LogP) is 2.54. The summed E-state index contributed by atoms with van der Waals surface area (Å²) in [5, 5.41) is 3.13. The van der Waals surface area contributed by atoms with Crippen molar-refractivity contribution in [2.45, 2.75) is 64.0 Å². The van der Waals surface area contributed by atoms with Crippen LogP contribution in [0.15, 0.2) is 24.3 Å². The van der Waals surface area contributed by atoms with Gasteiger partial charge < -0.3 is 15.0 Å². The molecule has 4 rings (SSSR count). The molecule has 0 radical (unpaired) electrons. The molecule has 31 heavy (non-hydrogen) atoms. The molecule has 6 heteroatoms. The topological polar surface area (TPSA) is 61.9 Å².